The minimum absolute atomic E-state index is 0.0434. The van der Waals surface area contributed by atoms with Crippen LogP contribution in [0.1, 0.15) is 44.7 Å². The minimum Gasteiger partial charge on any atom is -0.310 e. The number of nitrogens with one attached hydrogen (secondary N) is 1. The molecular weight excluding hydrogens is 331 g/mol. The molecule has 0 bridgehead atoms. The molecular formula is C17H26BrFN2. The lowest BCUT2D eigenvalue weighted by Gasteiger charge is -2.29. The normalized spacial score (nSPS) is 19.4. The molecule has 0 aromatic heterocycles. The molecule has 2 unspecified atom stereocenters. The van der Waals surface area contributed by atoms with Crippen LogP contribution in [-0.4, -0.2) is 31.1 Å². The van der Waals surface area contributed by atoms with Gasteiger partial charge in [-0.15, -0.1) is 0 Å². The highest BCUT2D eigenvalue weighted by molar-refractivity contribution is 9.10. The van der Waals surface area contributed by atoms with Crippen molar-refractivity contribution in [3.8, 4) is 0 Å². The summed E-state index contributed by atoms with van der Waals surface area (Å²) in [5, 5.41) is 3.47. The van der Waals surface area contributed by atoms with Gasteiger partial charge in [0.25, 0.3) is 0 Å². The van der Waals surface area contributed by atoms with Gasteiger partial charge in [0.1, 0.15) is 5.82 Å². The van der Waals surface area contributed by atoms with Crippen molar-refractivity contribution in [1.82, 2.24) is 10.2 Å². The number of halogens is 2. The molecule has 1 aliphatic heterocycles. The molecule has 2 rings (SSSR count). The van der Waals surface area contributed by atoms with Gasteiger partial charge in [0.15, 0.2) is 0 Å². The number of piperidine rings is 1. The molecule has 0 aliphatic carbocycles. The first-order valence-electron chi connectivity index (χ1n) is 7.97. The fraction of sp³-hybridized carbons (Fsp3) is 0.647. The van der Waals surface area contributed by atoms with E-state index >= 15 is 0 Å². The van der Waals surface area contributed by atoms with Crippen molar-refractivity contribution in [2.24, 2.45) is 5.92 Å². The highest BCUT2D eigenvalue weighted by Gasteiger charge is 2.15. The van der Waals surface area contributed by atoms with Gasteiger partial charge in [-0.1, -0.05) is 35.3 Å². The van der Waals surface area contributed by atoms with Gasteiger partial charge in [0.05, 0.1) is 0 Å². The Kier molecular flexibility index (Phi) is 6.65. The van der Waals surface area contributed by atoms with Gasteiger partial charge >= 0.3 is 0 Å². The topological polar surface area (TPSA) is 15.3 Å². The van der Waals surface area contributed by atoms with Crippen molar-refractivity contribution in [2.75, 3.05) is 26.2 Å². The van der Waals surface area contributed by atoms with E-state index in [9.17, 15) is 4.39 Å². The second-order valence-electron chi connectivity index (χ2n) is 6.26. The summed E-state index contributed by atoms with van der Waals surface area (Å²) in [5.74, 6) is 0.442. The zero-order valence-corrected chi connectivity index (χ0v) is 14.6. The van der Waals surface area contributed by atoms with Gasteiger partial charge < -0.3 is 10.2 Å². The average molecular weight is 357 g/mol. The summed E-state index contributed by atoms with van der Waals surface area (Å²) in [7, 11) is 0. The molecule has 1 heterocycles. The SMILES string of the molecule is CC(CNC(C)c1ccc(Br)cc1F)CN1CCCCC1. The van der Waals surface area contributed by atoms with Crippen LogP contribution in [-0.2, 0) is 0 Å². The second kappa shape index (κ2) is 8.25. The number of nitrogens with zero attached hydrogens (tertiary/aromatic N) is 1. The van der Waals surface area contributed by atoms with E-state index in [4.69, 9.17) is 0 Å². The maximum Gasteiger partial charge on any atom is 0.129 e. The Morgan fingerprint density at radius 1 is 1.24 bits per heavy atom. The number of rotatable bonds is 6. The highest BCUT2D eigenvalue weighted by Crippen LogP contribution is 2.21. The molecule has 1 aromatic carbocycles. The summed E-state index contributed by atoms with van der Waals surface area (Å²) in [6.07, 6.45) is 4.05. The molecule has 118 valence electrons. The summed E-state index contributed by atoms with van der Waals surface area (Å²) in [6.45, 7) is 8.84. The Balaban J connectivity index is 1.78. The molecule has 0 saturated carbocycles. The van der Waals surface area contributed by atoms with Crippen LogP contribution in [0.15, 0.2) is 22.7 Å². The lowest BCUT2D eigenvalue weighted by molar-refractivity contribution is 0.197. The van der Waals surface area contributed by atoms with E-state index in [-0.39, 0.29) is 11.9 Å². The van der Waals surface area contributed by atoms with Crippen molar-refractivity contribution < 1.29 is 4.39 Å². The molecule has 0 amide bonds. The molecule has 0 radical (unpaired) electrons. The molecule has 1 aromatic rings. The third-order valence-corrected chi connectivity index (χ3v) is 4.71. The lowest BCUT2D eigenvalue weighted by atomic mass is 10.1. The zero-order valence-electron chi connectivity index (χ0n) is 13.0. The van der Waals surface area contributed by atoms with Crippen LogP contribution in [0, 0.1) is 11.7 Å². The summed E-state index contributed by atoms with van der Waals surface area (Å²) in [6, 6.07) is 5.33. The molecule has 0 spiro atoms. The maximum atomic E-state index is 13.9. The molecule has 1 saturated heterocycles. The monoisotopic (exact) mass is 356 g/mol. The summed E-state index contributed by atoms with van der Waals surface area (Å²) < 4.78 is 14.7. The Morgan fingerprint density at radius 2 is 1.95 bits per heavy atom. The van der Waals surface area contributed by atoms with Gasteiger partial charge in [-0.2, -0.15) is 0 Å². The van der Waals surface area contributed by atoms with Crippen molar-refractivity contribution >= 4 is 15.9 Å². The van der Waals surface area contributed by atoms with Crippen LogP contribution >= 0.6 is 15.9 Å². The molecule has 4 heteroatoms. The van der Waals surface area contributed by atoms with E-state index in [0.717, 1.165) is 23.1 Å². The van der Waals surface area contributed by atoms with Gasteiger partial charge in [0, 0.05) is 22.6 Å². The van der Waals surface area contributed by atoms with Crippen LogP contribution in [0.5, 0.6) is 0 Å². The smallest absolute Gasteiger partial charge is 0.129 e. The average Bonchev–Trinajstić information content (AvgIpc) is 2.46. The van der Waals surface area contributed by atoms with Gasteiger partial charge in [-0.05, 0) is 57.5 Å². The fourth-order valence-electron chi connectivity index (χ4n) is 2.99. The van der Waals surface area contributed by atoms with Crippen LogP contribution in [0.25, 0.3) is 0 Å². The Morgan fingerprint density at radius 3 is 2.62 bits per heavy atom. The van der Waals surface area contributed by atoms with Crippen LogP contribution in [0.4, 0.5) is 4.39 Å². The van der Waals surface area contributed by atoms with Crippen molar-refractivity contribution in [2.45, 2.75) is 39.2 Å². The molecule has 2 nitrogen and oxygen atoms in total. The van der Waals surface area contributed by atoms with Gasteiger partial charge in [0.2, 0.25) is 0 Å². The first kappa shape index (κ1) is 16.9. The van der Waals surface area contributed by atoms with Crippen LogP contribution < -0.4 is 5.32 Å². The molecule has 21 heavy (non-hydrogen) atoms. The predicted octanol–water partition coefficient (Wildman–Crippen LogP) is 4.36. The molecule has 2 atom stereocenters. The second-order valence-corrected chi connectivity index (χ2v) is 7.18. The quantitative estimate of drug-likeness (QED) is 0.814. The number of likely N-dealkylation sites (tertiary alicyclic amines) is 1. The van der Waals surface area contributed by atoms with Crippen molar-refractivity contribution in [3.63, 3.8) is 0 Å². The van der Waals surface area contributed by atoms with E-state index < -0.39 is 0 Å². The number of hydrogen-bond donors (Lipinski definition) is 1. The fourth-order valence-corrected chi connectivity index (χ4v) is 3.32. The maximum absolute atomic E-state index is 13.9. The van der Waals surface area contributed by atoms with Gasteiger partial charge in [-0.25, -0.2) is 4.39 Å². The van der Waals surface area contributed by atoms with E-state index in [0.29, 0.717) is 5.92 Å². The largest absolute Gasteiger partial charge is 0.310 e. The van der Waals surface area contributed by atoms with E-state index in [1.54, 1.807) is 0 Å². The minimum atomic E-state index is -0.145. The van der Waals surface area contributed by atoms with E-state index in [1.807, 2.05) is 19.1 Å². The third kappa shape index (κ3) is 5.35. The molecule has 1 fully saturated rings. The Hall–Kier alpha value is -0.450. The molecule has 1 aliphatic rings. The summed E-state index contributed by atoms with van der Waals surface area (Å²) >= 11 is 3.30. The standard InChI is InChI=1S/C17H26BrFN2/c1-13(12-21-8-4-3-5-9-21)11-20-14(2)16-7-6-15(18)10-17(16)19/h6-7,10,13-14,20H,3-5,8-9,11-12H2,1-2H3. The highest BCUT2D eigenvalue weighted by atomic mass is 79.9. The van der Waals surface area contributed by atoms with Crippen LogP contribution in [0.2, 0.25) is 0 Å². The predicted molar refractivity (Wildman–Crippen MR) is 90.0 cm³/mol. The number of hydrogen-bond acceptors (Lipinski definition) is 2. The first-order chi connectivity index (χ1) is 10.1. The molecule has 1 N–H and O–H groups in total. The Labute approximate surface area is 136 Å². The first-order valence-corrected chi connectivity index (χ1v) is 8.76. The Bertz CT molecular complexity index is 446. The third-order valence-electron chi connectivity index (χ3n) is 4.22. The van der Waals surface area contributed by atoms with Crippen molar-refractivity contribution in [1.29, 1.82) is 0 Å². The lowest BCUT2D eigenvalue weighted by Crippen LogP contribution is -2.37. The van der Waals surface area contributed by atoms with Crippen molar-refractivity contribution in [3.05, 3.63) is 34.1 Å². The van der Waals surface area contributed by atoms with E-state index in [1.165, 1.54) is 38.4 Å². The zero-order chi connectivity index (χ0) is 15.2. The summed E-state index contributed by atoms with van der Waals surface area (Å²) in [4.78, 5) is 2.56. The number of benzene rings is 1. The summed E-state index contributed by atoms with van der Waals surface area (Å²) in [5.41, 5.74) is 0.739. The van der Waals surface area contributed by atoms with Crippen LogP contribution in [0.3, 0.4) is 0 Å². The van der Waals surface area contributed by atoms with Gasteiger partial charge in [-0.3, -0.25) is 0 Å². The van der Waals surface area contributed by atoms with E-state index in [2.05, 4.69) is 33.1 Å².